The van der Waals surface area contributed by atoms with Crippen LogP contribution >= 0.6 is 11.6 Å². The van der Waals surface area contributed by atoms with E-state index in [0.29, 0.717) is 0 Å². The molecule has 0 radical (unpaired) electrons. The van der Waals surface area contributed by atoms with Crippen LogP contribution in [0.2, 0.25) is 5.02 Å². The molecule has 1 amide bonds. The number of rotatable bonds is 5. The number of ether oxygens (including phenoxy) is 1. The van der Waals surface area contributed by atoms with Crippen LogP contribution < -0.4 is 5.32 Å². The maximum atomic E-state index is 12.8. The first-order valence-corrected chi connectivity index (χ1v) is 9.78. The van der Waals surface area contributed by atoms with Gasteiger partial charge in [-0.2, -0.15) is 0 Å². The summed E-state index contributed by atoms with van der Waals surface area (Å²) in [4.78, 5) is 14.8. The summed E-state index contributed by atoms with van der Waals surface area (Å²) >= 11 is 6.52. The molecule has 1 unspecified atom stereocenters. The van der Waals surface area contributed by atoms with E-state index in [1.54, 1.807) is 0 Å². The Morgan fingerprint density at radius 3 is 2.72 bits per heavy atom. The van der Waals surface area contributed by atoms with Crippen LogP contribution in [0, 0.1) is 0 Å². The summed E-state index contributed by atoms with van der Waals surface area (Å²) in [5.41, 5.74) is 1.12. The highest BCUT2D eigenvalue weighted by Crippen LogP contribution is 2.38. The van der Waals surface area contributed by atoms with Gasteiger partial charge in [0.15, 0.2) is 0 Å². The van der Waals surface area contributed by atoms with Crippen LogP contribution in [0.3, 0.4) is 0 Å². The fourth-order valence-electron chi connectivity index (χ4n) is 4.11. The molecule has 25 heavy (non-hydrogen) atoms. The number of nitrogens with one attached hydrogen (secondary N) is 1. The van der Waals surface area contributed by atoms with Gasteiger partial charge in [-0.3, -0.25) is 4.79 Å². The quantitative estimate of drug-likeness (QED) is 0.870. The van der Waals surface area contributed by atoms with E-state index in [9.17, 15) is 4.79 Å². The minimum absolute atomic E-state index is 0.0586. The Morgan fingerprint density at radius 1 is 1.32 bits per heavy atom. The number of nitrogens with zero attached hydrogens (tertiary/aromatic N) is 1. The zero-order valence-corrected chi connectivity index (χ0v) is 16.0. The van der Waals surface area contributed by atoms with Crippen molar-refractivity contribution in [2.45, 2.75) is 57.0 Å². The van der Waals surface area contributed by atoms with Crippen molar-refractivity contribution in [2.24, 2.45) is 0 Å². The summed E-state index contributed by atoms with van der Waals surface area (Å²) in [5.74, 6) is 0.239. The number of likely N-dealkylation sites (tertiary alicyclic amines) is 1. The molecule has 2 saturated heterocycles. The zero-order chi connectivity index (χ0) is 17.9. The molecule has 2 aliphatic heterocycles. The van der Waals surface area contributed by atoms with Gasteiger partial charge in [-0.1, -0.05) is 29.8 Å². The molecule has 0 saturated carbocycles. The molecule has 1 aromatic rings. The van der Waals surface area contributed by atoms with Crippen molar-refractivity contribution < 1.29 is 9.53 Å². The van der Waals surface area contributed by atoms with Gasteiger partial charge in [0.25, 0.3) is 0 Å². The molecule has 5 heteroatoms. The average Bonchev–Trinajstić information content (AvgIpc) is 2.62. The van der Waals surface area contributed by atoms with Crippen LogP contribution in [0.5, 0.6) is 0 Å². The van der Waals surface area contributed by atoms with Gasteiger partial charge in [0, 0.05) is 42.8 Å². The van der Waals surface area contributed by atoms with Crippen LogP contribution in [0.4, 0.5) is 0 Å². The lowest BCUT2D eigenvalue weighted by Gasteiger charge is -2.41. The maximum Gasteiger partial charge on any atom is 0.239 e. The monoisotopic (exact) mass is 364 g/mol. The maximum absolute atomic E-state index is 12.8. The molecule has 1 aromatic carbocycles. The zero-order valence-electron chi connectivity index (χ0n) is 15.3. The largest absolute Gasteiger partial charge is 0.381 e. The van der Waals surface area contributed by atoms with Gasteiger partial charge >= 0.3 is 0 Å². The average molecular weight is 365 g/mol. The lowest BCUT2D eigenvalue weighted by Crippen LogP contribution is -2.55. The molecular formula is C20H29ClN2O2. The molecule has 138 valence electrons. The van der Waals surface area contributed by atoms with Crippen molar-refractivity contribution in [3.8, 4) is 0 Å². The van der Waals surface area contributed by atoms with Crippen molar-refractivity contribution in [2.75, 3.05) is 26.3 Å². The minimum atomic E-state index is -0.0849. The van der Waals surface area contributed by atoms with Crippen molar-refractivity contribution in [1.82, 2.24) is 10.2 Å². The van der Waals surface area contributed by atoms with E-state index in [1.165, 1.54) is 5.56 Å². The van der Waals surface area contributed by atoms with Gasteiger partial charge < -0.3 is 15.0 Å². The van der Waals surface area contributed by atoms with Crippen molar-refractivity contribution in [1.29, 1.82) is 0 Å². The van der Waals surface area contributed by atoms with Gasteiger partial charge in [0.2, 0.25) is 5.91 Å². The van der Waals surface area contributed by atoms with E-state index >= 15 is 0 Å². The number of hydrogen-bond acceptors (Lipinski definition) is 3. The van der Waals surface area contributed by atoms with Crippen molar-refractivity contribution >= 4 is 17.5 Å². The molecule has 2 fully saturated rings. The van der Waals surface area contributed by atoms with Gasteiger partial charge in [0.1, 0.15) is 0 Å². The van der Waals surface area contributed by atoms with Crippen LogP contribution in [-0.2, 0) is 14.9 Å². The molecule has 1 N–H and O–H groups in total. The van der Waals surface area contributed by atoms with Crippen LogP contribution in [0.1, 0.15) is 45.1 Å². The number of benzene rings is 1. The third-order valence-corrected chi connectivity index (χ3v) is 6.01. The predicted octanol–water partition coefficient (Wildman–Crippen LogP) is 3.38. The van der Waals surface area contributed by atoms with E-state index in [0.717, 1.165) is 57.0 Å². The molecule has 4 nitrogen and oxygen atoms in total. The Kier molecular flexibility index (Phi) is 6.03. The number of halogens is 1. The highest BCUT2D eigenvalue weighted by molar-refractivity contribution is 6.31. The molecule has 2 heterocycles. The van der Waals surface area contributed by atoms with E-state index in [2.05, 4.69) is 25.2 Å². The molecule has 0 spiro atoms. The second-order valence-corrected chi connectivity index (χ2v) is 7.98. The van der Waals surface area contributed by atoms with E-state index < -0.39 is 0 Å². The highest BCUT2D eigenvalue weighted by Gasteiger charge is 2.38. The molecule has 1 atom stereocenters. The summed E-state index contributed by atoms with van der Waals surface area (Å²) in [5, 5.41) is 4.40. The van der Waals surface area contributed by atoms with Gasteiger partial charge in [-0.15, -0.1) is 0 Å². The summed E-state index contributed by atoms with van der Waals surface area (Å²) < 4.78 is 5.60. The third-order valence-electron chi connectivity index (χ3n) is 5.68. The van der Waals surface area contributed by atoms with Crippen LogP contribution in [0.15, 0.2) is 24.3 Å². The fraction of sp³-hybridized carbons (Fsp3) is 0.650. The first kappa shape index (κ1) is 18.7. The van der Waals surface area contributed by atoms with Crippen molar-refractivity contribution in [3.63, 3.8) is 0 Å². The SMILES string of the molecule is CC(C)N1CCCC(NCC2(c3ccccc3Cl)CCOCC2)C1=O. The topological polar surface area (TPSA) is 41.6 Å². The molecule has 0 bridgehead atoms. The Balaban J connectivity index is 1.76. The third kappa shape index (κ3) is 4.02. The normalized spacial score (nSPS) is 23.9. The Morgan fingerprint density at radius 2 is 2.04 bits per heavy atom. The van der Waals surface area contributed by atoms with Crippen LogP contribution in [0.25, 0.3) is 0 Å². The van der Waals surface area contributed by atoms with E-state index in [1.807, 2.05) is 23.1 Å². The second-order valence-electron chi connectivity index (χ2n) is 7.57. The number of amides is 1. The predicted molar refractivity (Wildman–Crippen MR) is 101 cm³/mol. The highest BCUT2D eigenvalue weighted by atomic mass is 35.5. The Labute approximate surface area is 155 Å². The molecule has 0 aromatic heterocycles. The number of carbonyl (C=O) groups is 1. The standard InChI is InChI=1S/C20H29ClN2O2/c1-15(2)23-11-5-8-18(19(23)24)22-14-20(9-12-25-13-10-20)16-6-3-4-7-17(16)21/h3-4,6-7,15,18,22H,5,8-14H2,1-2H3. The smallest absolute Gasteiger partial charge is 0.239 e. The number of piperidine rings is 1. The second kappa shape index (κ2) is 8.07. The van der Waals surface area contributed by atoms with Crippen LogP contribution in [-0.4, -0.2) is 49.2 Å². The van der Waals surface area contributed by atoms with Gasteiger partial charge in [-0.05, 0) is 51.2 Å². The Bertz CT molecular complexity index is 599. The molecule has 2 aliphatic rings. The summed E-state index contributed by atoms with van der Waals surface area (Å²) in [6, 6.07) is 8.28. The van der Waals surface area contributed by atoms with Crippen molar-refractivity contribution in [3.05, 3.63) is 34.9 Å². The molecule has 3 rings (SSSR count). The van der Waals surface area contributed by atoms with E-state index in [4.69, 9.17) is 16.3 Å². The Hall–Kier alpha value is -1.10. The first-order chi connectivity index (χ1) is 12.0. The molecule has 0 aliphatic carbocycles. The number of hydrogen-bond donors (Lipinski definition) is 1. The lowest BCUT2D eigenvalue weighted by atomic mass is 9.74. The summed E-state index contributed by atoms with van der Waals surface area (Å²) in [7, 11) is 0. The van der Waals surface area contributed by atoms with E-state index in [-0.39, 0.29) is 23.4 Å². The minimum Gasteiger partial charge on any atom is -0.381 e. The number of carbonyl (C=O) groups excluding carboxylic acids is 1. The fourth-order valence-corrected chi connectivity index (χ4v) is 4.45. The van der Waals surface area contributed by atoms with Gasteiger partial charge in [0.05, 0.1) is 6.04 Å². The van der Waals surface area contributed by atoms with Gasteiger partial charge in [-0.25, -0.2) is 0 Å². The first-order valence-electron chi connectivity index (χ1n) is 9.40. The summed E-state index contributed by atoms with van der Waals surface area (Å²) in [6.45, 7) is 7.29. The molecular weight excluding hydrogens is 336 g/mol. The summed E-state index contributed by atoms with van der Waals surface area (Å²) in [6.07, 6.45) is 3.83. The lowest BCUT2D eigenvalue weighted by molar-refractivity contribution is -0.137.